The normalized spacial score (nSPS) is 11.9. The molecule has 0 spiro atoms. The highest BCUT2D eigenvalue weighted by molar-refractivity contribution is 6.30. The zero-order valence-electron chi connectivity index (χ0n) is 14.3. The van der Waals surface area contributed by atoms with Crippen LogP contribution in [0.5, 0.6) is 11.5 Å². The molecule has 2 heterocycles. The van der Waals surface area contributed by atoms with Crippen LogP contribution in [0.3, 0.4) is 0 Å². The van der Waals surface area contributed by atoms with Gasteiger partial charge in [0, 0.05) is 34.9 Å². The van der Waals surface area contributed by atoms with Crippen molar-refractivity contribution in [3.05, 3.63) is 64.9 Å². The minimum Gasteiger partial charge on any atom is -0.454 e. The number of carbonyl (C=O) groups is 1. The Morgan fingerprint density at radius 3 is 2.63 bits per heavy atom. The van der Waals surface area contributed by atoms with E-state index in [9.17, 15) is 4.79 Å². The lowest BCUT2D eigenvalue weighted by molar-refractivity contribution is 0.102. The molecular weight excluding hydrogens is 368 g/mol. The van der Waals surface area contributed by atoms with E-state index in [0.717, 1.165) is 11.3 Å². The molecule has 2 N–H and O–H groups in total. The molecule has 0 atom stereocenters. The van der Waals surface area contributed by atoms with Crippen LogP contribution >= 0.6 is 11.6 Å². The number of hydrogen-bond donors (Lipinski definition) is 2. The van der Waals surface area contributed by atoms with E-state index in [4.69, 9.17) is 21.1 Å². The van der Waals surface area contributed by atoms with Gasteiger partial charge in [0.15, 0.2) is 11.5 Å². The molecule has 0 saturated carbocycles. The summed E-state index contributed by atoms with van der Waals surface area (Å²) in [4.78, 5) is 20.8. The predicted octanol–water partition coefficient (Wildman–Crippen LogP) is 4.16. The standard InChI is InChI=1S/C19H15ClN4O3/c1-11-6-13(20)2-4-15(11)24-18(25)12-8-21-19(22-9-12)23-14-3-5-16-17(7-14)27-10-26-16/h2-9H,10H2,1H3,(H,24,25)(H,21,22,23). The lowest BCUT2D eigenvalue weighted by Gasteiger charge is -2.09. The molecule has 7 nitrogen and oxygen atoms in total. The zero-order chi connectivity index (χ0) is 18.8. The van der Waals surface area contributed by atoms with Gasteiger partial charge in [-0.1, -0.05) is 11.6 Å². The third kappa shape index (κ3) is 3.78. The molecule has 136 valence electrons. The van der Waals surface area contributed by atoms with Crippen molar-refractivity contribution >= 4 is 34.8 Å². The number of nitrogens with zero attached hydrogens (tertiary/aromatic N) is 2. The highest BCUT2D eigenvalue weighted by Gasteiger charge is 2.14. The largest absolute Gasteiger partial charge is 0.454 e. The summed E-state index contributed by atoms with van der Waals surface area (Å²) < 4.78 is 10.6. The summed E-state index contributed by atoms with van der Waals surface area (Å²) in [6.07, 6.45) is 2.92. The Morgan fingerprint density at radius 2 is 1.85 bits per heavy atom. The second-order valence-electron chi connectivity index (χ2n) is 5.90. The van der Waals surface area contributed by atoms with Crippen molar-refractivity contribution in [3.63, 3.8) is 0 Å². The zero-order valence-corrected chi connectivity index (χ0v) is 15.1. The van der Waals surface area contributed by atoms with E-state index in [1.54, 1.807) is 30.3 Å². The minimum atomic E-state index is -0.296. The Labute approximate surface area is 160 Å². The van der Waals surface area contributed by atoms with Crippen LogP contribution in [0.15, 0.2) is 48.8 Å². The van der Waals surface area contributed by atoms with Crippen molar-refractivity contribution in [2.45, 2.75) is 6.92 Å². The SMILES string of the molecule is Cc1cc(Cl)ccc1NC(=O)c1cnc(Nc2ccc3c(c2)OCO3)nc1. The van der Waals surface area contributed by atoms with Crippen LogP contribution in [-0.4, -0.2) is 22.7 Å². The van der Waals surface area contributed by atoms with Crippen molar-refractivity contribution < 1.29 is 14.3 Å². The van der Waals surface area contributed by atoms with Crippen molar-refractivity contribution in [2.24, 2.45) is 0 Å². The number of aromatic nitrogens is 2. The van der Waals surface area contributed by atoms with E-state index in [0.29, 0.717) is 33.7 Å². The average Bonchev–Trinajstić information content (AvgIpc) is 3.12. The van der Waals surface area contributed by atoms with Gasteiger partial charge in [-0.3, -0.25) is 4.79 Å². The predicted molar refractivity (Wildman–Crippen MR) is 102 cm³/mol. The molecule has 3 aromatic rings. The number of fused-ring (bicyclic) bond motifs is 1. The first-order valence-corrected chi connectivity index (χ1v) is 8.52. The number of rotatable bonds is 4. The maximum atomic E-state index is 12.4. The van der Waals surface area contributed by atoms with Gasteiger partial charge in [0.2, 0.25) is 12.7 Å². The van der Waals surface area contributed by atoms with Crippen LogP contribution in [0.4, 0.5) is 17.3 Å². The van der Waals surface area contributed by atoms with Crippen LogP contribution < -0.4 is 20.1 Å². The topological polar surface area (TPSA) is 85.4 Å². The Hall–Kier alpha value is -3.32. The lowest BCUT2D eigenvalue weighted by atomic mass is 10.2. The maximum Gasteiger partial charge on any atom is 0.258 e. The quantitative estimate of drug-likeness (QED) is 0.704. The lowest BCUT2D eigenvalue weighted by Crippen LogP contribution is -2.13. The smallest absolute Gasteiger partial charge is 0.258 e. The summed E-state index contributed by atoms with van der Waals surface area (Å²) in [5, 5.41) is 6.50. The Bertz CT molecular complexity index is 1010. The summed E-state index contributed by atoms with van der Waals surface area (Å²) in [6.45, 7) is 2.09. The van der Waals surface area contributed by atoms with Crippen LogP contribution in [0.1, 0.15) is 15.9 Å². The summed E-state index contributed by atoms with van der Waals surface area (Å²) >= 11 is 5.93. The first kappa shape index (κ1) is 17.1. The third-order valence-corrected chi connectivity index (χ3v) is 4.21. The molecule has 4 rings (SSSR count). The van der Waals surface area contributed by atoms with Gasteiger partial charge < -0.3 is 20.1 Å². The molecule has 1 aliphatic heterocycles. The van der Waals surface area contributed by atoms with Gasteiger partial charge in [-0.25, -0.2) is 9.97 Å². The number of aryl methyl sites for hydroxylation is 1. The van der Waals surface area contributed by atoms with Gasteiger partial charge in [-0.15, -0.1) is 0 Å². The first-order chi connectivity index (χ1) is 13.1. The summed E-state index contributed by atoms with van der Waals surface area (Å²) in [6, 6.07) is 10.7. The van der Waals surface area contributed by atoms with Crippen molar-refractivity contribution in [1.82, 2.24) is 9.97 Å². The van der Waals surface area contributed by atoms with E-state index >= 15 is 0 Å². The molecule has 0 bridgehead atoms. The summed E-state index contributed by atoms with van der Waals surface area (Å²) in [5.74, 6) is 1.43. The highest BCUT2D eigenvalue weighted by Crippen LogP contribution is 2.34. The number of halogens is 1. The molecule has 8 heteroatoms. The van der Waals surface area contributed by atoms with Gasteiger partial charge in [0.1, 0.15) is 0 Å². The van der Waals surface area contributed by atoms with E-state index in [1.165, 1.54) is 12.4 Å². The second kappa shape index (κ2) is 7.13. The van der Waals surface area contributed by atoms with Crippen molar-refractivity contribution in [3.8, 4) is 11.5 Å². The number of ether oxygens (including phenoxy) is 2. The molecule has 0 aliphatic carbocycles. The molecular formula is C19H15ClN4O3. The third-order valence-electron chi connectivity index (χ3n) is 3.98. The fraction of sp³-hybridized carbons (Fsp3) is 0.105. The van der Waals surface area contributed by atoms with Crippen molar-refractivity contribution in [2.75, 3.05) is 17.4 Å². The van der Waals surface area contributed by atoms with E-state index in [1.807, 2.05) is 13.0 Å². The highest BCUT2D eigenvalue weighted by atomic mass is 35.5. The first-order valence-electron chi connectivity index (χ1n) is 8.15. The number of carbonyl (C=O) groups excluding carboxylic acids is 1. The van der Waals surface area contributed by atoms with Crippen LogP contribution in [0.25, 0.3) is 0 Å². The minimum absolute atomic E-state index is 0.214. The Morgan fingerprint density at radius 1 is 1.07 bits per heavy atom. The van der Waals surface area contributed by atoms with E-state index in [-0.39, 0.29) is 12.7 Å². The molecule has 0 saturated heterocycles. The number of hydrogen-bond acceptors (Lipinski definition) is 6. The van der Waals surface area contributed by atoms with Gasteiger partial charge in [-0.05, 0) is 42.8 Å². The van der Waals surface area contributed by atoms with E-state index < -0.39 is 0 Å². The second-order valence-corrected chi connectivity index (χ2v) is 6.34. The molecule has 1 aromatic heterocycles. The van der Waals surface area contributed by atoms with Crippen LogP contribution in [-0.2, 0) is 0 Å². The van der Waals surface area contributed by atoms with Crippen LogP contribution in [0.2, 0.25) is 5.02 Å². The molecule has 2 aromatic carbocycles. The average molecular weight is 383 g/mol. The van der Waals surface area contributed by atoms with Gasteiger partial charge in [0.25, 0.3) is 5.91 Å². The van der Waals surface area contributed by atoms with Crippen molar-refractivity contribution in [1.29, 1.82) is 0 Å². The number of anilines is 3. The van der Waals surface area contributed by atoms with Gasteiger partial charge >= 0.3 is 0 Å². The van der Waals surface area contributed by atoms with Gasteiger partial charge in [0.05, 0.1) is 5.56 Å². The van der Waals surface area contributed by atoms with Gasteiger partial charge in [-0.2, -0.15) is 0 Å². The maximum absolute atomic E-state index is 12.4. The summed E-state index contributed by atoms with van der Waals surface area (Å²) in [5.41, 5.74) is 2.67. The number of amides is 1. The molecule has 0 fully saturated rings. The van der Waals surface area contributed by atoms with E-state index in [2.05, 4.69) is 20.6 Å². The molecule has 0 radical (unpaired) electrons. The number of nitrogens with one attached hydrogen (secondary N) is 2. The number of benzene rings is 2. The fourth-order valence-electron chi connectivity index (χ4n) is 2.58. The molecule has 1 amide bonds. The van der Waals surface area contributed by atoms with Crippen LogP contribution in [0, 0.1) is 6.92 Å². The summed E-state index contributed by atoms with van der Waals surface area (Å²) in [7, 11) is 0. The molecule has 0 unspecified atom stereocenters. The monoisotopic (exact) mass is 382 g/mol. The Balaban J connectivity index is 1.44. The fourth-order valence-corrected chi connectivity index (χ4v) is 2.80. The molecule has 27 heavy (non-hydrogen) atoms. The Kier molecular flexibility index (Phi) is 4.52. The molecule has 1 aliphatic rings.